The first kappa shape index (κ1) is 40.0. The lowest BCUT2D eigenvalue weighted by Crippen LogP contribution is -2.68. The summed E-state index contributed by atoms with van der Waals surface area (Å²) < 4.78 is 10.7. The lowest BCUT2D eigenvalue weighted by Gasteiger charge is -2.42. The quantitative estimate of drug-likeness (QED) is 0.0597. The Morgan fingerprint density at radius 3 is 2.52 bits per heavy atom. The Kier molecular flexibility index (Phi) is 13.3. The van der Waals surface area contributed by atoms with E-state index in [-0.39, 0.29) is 36.9 Å². The molecule has 52 heavy (non-hydrogen) atoms. The fourth-order valence-corrected chi connectivity index (χ4v) is 6.64. The molecule has 284 valence electrons. The van der Waals surface area contributed by atoms with Crippen molar-refractivity contribution < 1.29 is 44.9 Å². The standard InChI is InChI=1S/C39H52ClN3O9/c1-3-4-5-12-35(45)43(38(47,48)39(49,50)52-36(46)25-44)21-8-9-26(2)27-13-16-33(40)28(22-27)23-42-37(18-19-37)32-24-41-20-17-30(32)31-10-6-7-11-34(31)51-29-14-15-29/h6-7,10-11,13,16-17,20,22,24,26,29,36,42,44,46-50H,3-5,8-9,12,14-15,18-19,21,23,25H2,1-2H3. The lowest BCUT2D eigenvalue weighted by atomic mass is 9.93. The zero-order valence-electron chi connectivity index (χ0n) is 29.9. The third-order valence-electron chi connectivity index (χ3n) is 9.92. The van der Waals surface area contributed by atoms with Gasteiger partial charge >= 0.3 is 11.9 Å². The van der Waals surface area contributed by atoms with Crippen LogP contribution in [0.25, 0.3) is 11.1 Å². The number of pyridine rings is 1. The molecule has 2 aromatic carbocycles. The summed E-state index contributed by atoms with van der Waals surface area (Å²) in [5.74, 6) is -7.30. The molecule has 5 rings (SSSR count). The summed E-state index contributed by atoms with van der Waals surface area (Å²) in [6.07, 6.45) is 8.61. The second-order valence-electron chi connectivity index (χ2n) is 14.1. The first-order valence-corrected chi connectivity index (χ1v) is 18.6. The minimum absolute atomic E-state index is 0.0388. The SMILES string of the molecule is CCCCCC(=O)N(CCCC(C)c1ccc(Cl)c(CNC2(c3cnccc3-c3ccccc3OC3CC3)CC2)c1)C(O)(O)C(O)(O)OC(O)CO. The average molecular weight is 742 g/mol. The third kappa shape index (κ3) is 9.67. The molecule has 0 aliphatic heterocycles. The number of amides is 1. The molecule has 13 heteroatoms. The molecule has 2 aliphatic carbocycles. The highest BCUT2D eigenvalue weighted by molar-refractivity contribution is 6.31. The van der Waals surface area contributed by atoms with Crippen LogP contribution in [0.4, 0.5) is 0 Å². The second-order valence-corrected chi connectivity index (χ2v) is 14.5. The van der Waals surface area contributed by atoms with Crippen LogP contribution < -0.4 is 10.1 Å². The number of hydrogen-bond acceptors (Lipinski definition) is 11. The molecule has 0 spiro atoms. The average Bonchev–Trinajstić information content (AvgIpc) is 4.07. The fourth-order valence-electron chi connectivity index (χ4n) is 6.46. The number of rotatable bonds is 21. The number of halogens is 1. The monoisotopic (exact) mass is 741 g/mol. The van der Waals surface area contributed by atoms with Crippen LogP contribution in [0.1, 0.15) is 101 Å². The Morgan fingerprint density at radius 2 is 1.83 bits per heavy atom. The van der Waals surface area contributed by atoms with E-state index in [1.54, 1.807) is 0 Å². The number of carbonyl (C=O) groups excluding carboxylic acids is 1. The van der Waals surface area contributed by atoms with E-state index in [0.717, 1.165) is 65.7 Å². The first-order valence-electron chi connectivity index (χ1n) is 18.2. The van der Waals surface area contributed by atoms with E-state index < -0.39 is 30.7 Å². The van der Waals surface area contributed by atoms with Gasteiger partial charge in [-0.1, -0.05) is 68.6 Å². The van der Waals surface area contributed by atoms with Crippen molar-refractivity contribution in [3.8, 4) is 16.9 Å². The van der Waals surface area contributed by atoms with Crippen molar-refractivity contribution in [1.29, 1.82) is 0 Å². The molecule has 2 unspecified atom stereocenters. The molecule has 2 aliphatic rings. The number of para-hydroxylation sites is 1. The molecule has 0 bridgehead atoms. The Balaban J connectivity index is 1.26. The van der Waals surface area contributed by atoms with Crippen LogP contribution in [0.2, 0.25) is 5.02 Å². The van der Waals surface area contributed by atoms with Gasteiger partial charge in [0.1, 0.15) is 5.75 Å². The van der Waals surface area contributed by atoms with E-state index in [1.807, 2.05) is 68.7 Å². The van der Waals surface area contributed by atoms with Gasteiger partial charge in [-0.3, -0.25) is 19.4 Å². The summed E-state index contributed by atoms with van der Waals surface area (Å²) >= 11 is 6.71. The molecule has 1 aromatic heterocycles. The summed E-state index contributed by atoms with van der Waals surface area (Å²) in [7, 11) is 0. The third-order valence-corrected chi connectivity index (χ3v) is 10.3. The molecule has 2 atom stereocenters. The van der Waals surface area contributed by atoms with E-state index >= 15 is 0 Å². The number of unbranched alkanes of at least 4 members (excludes halogenated alkanes) is 2. The van der Waals surface area contributed by atoms with Gasteiger partial charge in [-0.15, -0.1) is 0 Å². The van der Waals surface area contributed by atoms with Gasteiger partial charge in [-0.05, 0) is 91.3 Å². The normalized spacial score (nSPS) is 16.7. The van der Waals surface area contributed by atoms with Crippen molar-refractivity contribution in [3.05, 3.63) is 82.6 Å². The van der Waals surface area contributed by atoms with Gasteiger partial charge in [-0.2, -0.15) is 0 Å². The van der Waals surface area contributed by atoms with E-state index in [4.69, 9.17) is 21.4 Å². The molecule has 0 radical (unpaired) electrons. The van der Waals surface area contributed by atoms with Gasteiger partial charge in [0, 0.05) is 48.0 Å². The summed E-state index contributed by atoms with van der Waals surface area (Å²) in [5.41, 5.74) is 4.91. The number of benzene rings is 2. The smallest absolute Gasteiger partial charge is 0.360 e. The summed E-state index contributed by atoms with van der Waals surface area (Å²) in [6, 6.07) is 16.0. The Labute approximate surface area is 310 Å². The Hall–Kier alpha value is -3.17. The van der Waals surface area contributed by atoms with Gasteiger partial charge in [0.15, 0.2) is 6.29 Å². The molecular weight excluding hydrogens is 690 g/mol. The molecule has 7 N–H and O–H groups in total. The van der Waals surface area contributed by atoms with Crippen LogP contribution in [0.3, 0.4) is 0 Å². The number of ether oxygens (including phenoxy) is 2. The van der Waals surface area contributed by atoms with E-state index in [2.05, 4.69) is 21.1 Å². The topological polar surface area (TPSA) is 185 Å². The maximum Gasteiger partial charge on any atom is 0.360 e. The van der Waals surface area contributed by atoms with Crippen molar-refractivity contribution in [2.24, 2.45) is 0 Å². The molecule has 12 nitrogen and oxygen atoms in total. The van der Waals surface area contributed by atoms with Gasteiger partial charge in [0.05, 0.1) is 12.7 Å². The highest BCUT2D eigenvalue weighted by Crippen LogP contribution is 2.50. The van der Waals surface area contributed by atoms with Crippen LogP contribution in [-0.2, 0) is 21.6 Å². The summed E-state index contributed by atoms with van der Waals surface area (Å²) in [5, 5.41) is 65.2. The number of nitrogens with zero attached hydrogens (tertiary/aromatic N) is 2. The van der Waals surface area contributed by atoms with Crippen molar-refractivity contribution in [2.45, 2.75) is 120 Å². The van der Waals surface area contributed by atoms with Crippen molar-refractivity contribution in [2.75, 3.05) is 13.2 Å². The maximum absolute atomic E-state index is 13.1. The predicted molar refractivity (Wildman–Crippen MR) is 195 cm³/mol. The summed E-state index contributed by atoms with van der Waals surface area (Å²) in [6.45, 7) is 3.17. The maximum atomic E-state index is 13.1. The second kappa shape index (κ2) is 17.3. The number of carbonyl (C=O) groups is 1. The number of nitrogens with one attached hydrogen (secondary N) is 1. The zero-order chi connectivity index (χ0) is 37.5. The molecule has 3 aromatic rings. The molecule has 0 saturated heterocycles. The molecule has 1 amide bonds. The van der Waals surface area contributed by atoms with Gasteiger partial charge in [0.2, 0.25) is 5.91 Å². The minimum atomic E-state index is -3.79. The Morgan fingerprint density at radius 1 is 1.08 bits per heavy atom. The summed E-state index contributed by atoms with van der Waals surface area (Å²) in [4.78, 5) is 18.1. The fraction of sp³-hybridized carbons (Fsp3) is 0.538. The zero-order valence-corrected chi connectivity index (χ0v) is 30.6. The molecule has 2 saturated carbocycles. The number of aliphatic hydroxyl groups is 6. The van der Waals surface area contributed by atoms with Crippen molar-refractivity contribution in [1.82, 2.24) is 15.2 Å². The van der Waals surface area contributed by atoms with Gasteiger partial charge in [0.25, 0.3) is 0 Å². The van der Waals surface area contributed by atoms with Crippen molar-refractivity contribution >= 4 is 17.5 Å². The van der Waals surface area contributed by atoms with Gasteiger partial charge < -0.3 is 40.7 Å². The van der Waals surface area contributed by atoms with Crippen LogP contribution in [0.5, 0.6) is 5.75 Å². The van der Waals surface area contributed by atoms with E-state index in [0.29, 0.717) is 35.7 Å². The predicted octanol–water partition coefficient (Wildman–Crippen LogP) is 4.62. The van der Waals surface area contributed by atoms with Crippen LogP contribution >= 0.6 is 11.6 Å². The number of aromatic nitrogens is 1. The van der Waals surface area contributed by atoms with Crippen molar-refractivity contribution in [3.63, 3.8) is 0 Å². The largest absolute Gasteiger partial charge is 0.490 e. The van der Waals surface area contributed by atoms with Crippen LogP contribution in [0.15, 0.2) is 60.9 Å². The Bertz CT molecular complexity index is 1650. The number of aliphatic hydroxyl groups excluding tert-OH is 2. The number of hydrogen-bond donors (Lipinski definition) is 7. The first-order chi connectivity index (χ1) is 24.8. The lowest BCUT2D eigenvalue weighted by molar-refractivity contribution is -0.510. The van der Waals surface area contributed by atoms with Crippen LogP contribution in [0, 0.1) is 0 Å². The molecule has 1 heterocycles. The minimum Gasteiger partial charge on any atom is -0.490 e. The molecule has 2 fully saturated rings. The highest BCUT2D eigenvalue weighted by Gasteiger charge is 2.56. The van der Waals surface area contributed by atoms with Gasteiger partial charge in [-0.25, -0.2) is 0 Å². The highest BCUT2D eigenvalue weighted by atomic mass is 35.5. The van der Waals surface area contributed by atoms with Crippen LogP contribution in [-0.4, -0.2) is 83.9 Å². The van der Waals surface area contributed by atoms with E-state index in [9.17, 15) is 30.3 Å². The molecular formula is C39H52ClN3O9. The van der Waals surface area contributed by atoms with E-state index in [1.165, 1.54) is 0 Å².